The van der Waals surface area contributed by atoms with Crippen molar-refractivity contribution in [2.45, 2.75) is 72.2 Å². The molecule has 8 nitrogen and oxygen atoms in total. The molecule has 0 heterocycles. The standard InChI is InChI=1S/C29H41NO7/c1-14(2)22(30(8)9)26(34)36-25-16(4)28(35)20-10-15(3)23(33)19(20)11-18(13-31)12-21(28)24-27(6,7)29(24,25)37-17(5)32/h10,12,16,19-21,24-25,31,35H,11,13H2,1-9H3/t16-,19-,20-,21+,24-,25-,28+,29-/m1/s1. The van der Waals surface area contributed by atoms with Crippen LogP contribution in [0.25, 0.3) is 0 Å². The van der Waals surface area contributed by atoms with E-state index >= 15 is 0 Å². The smallest absolute Gasteiger partial charge is 0.354 e. The van der Waals surface area contributed by atoms with Crippen LogP contribution < -0.4 is 0 Å². The Balaban J connectivity index is 1.92. The zero-order chi connectivity index (χ0) is 27.8. The van der Waals surface area contributed by atoms with Crippen LogP contribution in [0.4, 0.5) is 0 Å². The SMILES string of the molecule is CC(=O)O[C@@]12[C@H](OC(=O)C(=C(C)C)N(C)C)[C@@H](C)[C@]3(O)[C@@H]4C=C(C)C(=O)[C@@H]4CC(CO)=C[C@H]3[C@@H]1C2(C)C. The lowest BCUT2D eigenvalue weighted by Gasteiger charge is -2.52. The Kier molecular flexibility index (Phi) is 6.56. The van der Waals surface area contributed by atoms with E-state index in [1.165, 1.54) is 6.92 Å². The van der Waals surface area contributed by atoms with Crippen LogP contribution in [0.5, 0.6) is 0 Å². The van der Waals surface area contributed by atoms with Crippen molar-refractivity contribution < 1.29 is 34.1 Å². The number of aliphatic hydroxyl groups excluding tert-OH is 1. The summed E-state index contributed by atoms with van der Waals surface area (Å²) in [5, 5.41) is 22.9. The third-order valence-corrected chi connectivity index (χ3v) is 9.55. The van der Waals surface area contributed by atoms with Crippen LogP contribution in [-0.4, -0.2) is 70.8 Å². The minimum Gasteiger partial charge on any atom is -0.454 e. The normalized spacial score (nSPS) is 39.2. The van der Waals surface area contributed by atoms with Crippen molar-refractivity contribution in [3.8, 4) is 0 Å². The van der Waals surface area contributed by atoms with Gasteiger partial charge in [-0.1, -0.05) is 32.9 Å². The van der Waals surface area contributed by atoms with Crippen molar-refractivity contribution in [3.63, 3.8) is 0 Å². The van der Waals surface area contributed by atoms with Gasteiger partial charge in [-0.25, -0.2) is 4.79 Å². The molecule has 0 bridgehead atoms. The first-order valence-electron chi connectivity index (χ1n) is 13.1. The number of aliphatic hydroxyl groups is 2. The van der Waals surface area contributed by atoms with E-state index in [9.17, 15) is 24.6 Å². The lowest BCUT2D eigenvalue weighted by molar-refractivity contribution is -0.218. The Morgan fingerprint density at radius 2 is 1.76 bits per heavy atom. The molecule has 0 aromatic heterocycles. The molecule has 4 aliphatic carbocycles. The molecule has 4 aliphatic rings. The van der Waals surface area contributed by atoms with Crippen LogP contribution in [0.15, 0.2) is 34.6 Å². The molecule has 2 fully saturated rings. The first kappa shape index (κ1) is 27.6. The number of fused-ring (bicyclic) bond motifs is 5. The van der Waals surface area contributed by atoms with Gasteiger partial charge >= 0.3 is 11.9 Å². The Morgan fingerprint density at radius 3 is 2.27 bits per heavy atom. The molecule has 0 aromatic rings. The quantitative estimate of drug-likeness (QED) is 0.327. The predicted molar refractivity (Wildman–Crippen MR) is 137 cm³/mol. The second-order valence-corrected chi connectivity index (χ2v) is 12.4. The van der Waals surface area contributed by atoms with E-state index in [1.807, 2.05) is 46.8 Å². The first-order chi connectivity index (χ1) is 17.1. The summed E-state index contributed by atoms with van der Waals surface area (Å²) < 4.78 is 12.3. The number of rotatable bonds is 5. The molecule has 204 valence electrons. The lowest BCUT2D eigenvalue weighted by Crippen LogP contribution is -2.63. The number of hydrogen-bond donors (Lipinski definition) is 2. The van der Waals surface area contributed by atoms with Gasteiger partial charge in [0.1, 0.15) is 11.8 Å². The maximum atomic E-state index is 13.6. The molecule has 8 atom stereocenters. The van der Waals surface area contributed by atoms with Gasteiger partial charge in [-0.15, -0.1) is 0 Å². The largest absolute Gasteiger partial charge is 0.454 e. The second-order valence-electron chi connectivity index (χ2n) is 12.4. The number of likely N-dealkylation sites (N-methyl/N-ethyl adjacent to an activating group) is 1. The number of hydrogen-bond acceptors (Lipinski definition) is 8. The van der Waals surface area contributed by atoms with Crippen molar-refractivity contribution in [1.82, 2.24) is 4.90 Å². The fourth-order valence-corrected chi connectivity index (χ4v) is 8.00. The van der Waals surface area contributed by atoms with E-state index < -0.39 is 58.3 Å². The molecule has 0 radical (unpaired) electrons. The summed E-state index contributed by atoms with van der Waals surface area (Å²) in [4.78, 5) is 40.9. The van der Waals surface area contributed by atoms with E-state index in [1.54, 1.807) is 25.9 Å². The van der Waals surface area contributed by atoms with Crippen LogP contribution in [0, 0.1) is 35.0 Å². The molecule has 0 amide bonds. The Bertz CT molecular complexity index is 1130. The van der Waals surface area contributed by atoms with Crippen molar-refractivity contribution in [1.29, 1.82) is 0 Å². The van der Waals surface area contributed by atoms with Crippen LogP contribution in [-0.2, 0) is 23.9 Å². The van der Waals surface area contributed by atoms with E-state index in [-0.39, 0.29) is 18.3 Å². The summed E-state index contributed by atoms with van der Waals surface area (Å²) >= 11 is 0. The van der Waals surface area contributed by atoms with Crippen LogP contribution in [0.1, 0.15) is 54.9 Å². The average molecular weight is 516 g/mol. The van der Waals surface area contributed by atoms with Gasteiger partial charge < -0.3 is 24.6 Å². The van der Waals surface area contributed by atoms with Gasteiger partial charge in [0, 0.05) is 56.0 Å². The highest BCUT2D eigenvalue weighted by molar-refractivity contribution is 6.00. The number of ketones is 1. The summed E-state index contributed by atoms with van der Waals surface area (Å²) in [6.07, 6.45) is 3.13. The highest BCUT2D eigenvalue weighted by Crippen LogP contribution is 2.77. The number of esters is 2. The fraction of sp³-hybridized carbons (Fsp3) is 0.690. The van der Waals surface area contributed by atoms with Gasteiger partial charge in [-0.3, -0.25) is 9.59 Å². The predicted octanol–water partition coefficient (Wildman–Crippen LogP) is 2.79. The van der Waals surface area contributed by atoms with Crippen LogP contribution in [0.3, 0.4) is 0 Å². The molecule has 2 saturated carbocycles. The highest BCUT2D eigenvalue weighted by Gasteiger charge is 2.87. The van der Waals surface area contributed by atoms with Crippen molar-refractivity contribution in [2.75, 3.05) is 20.7 Å². The average Bonchev–Trinajstić information content (AvgIpc) is 3.17. The van der Waals surface area contributed by atoms with Gasteiger partial charge in [0.25, 0.3) is 0 Å². The number of nitrogens with zero attached hydrogens (tertiary/aromatic N) is 1. The zero-order valence-electron chi connectivity index (χ0n) is 23.4. The second kappa shape index (κ2) is 8.80. The maximum Gasteiger partial charge on any atom is 0.354 e. The molecule has 2 N–H and O–H groups in total. The van der Waals surface area contributed by atoms with E-state index in [4.69, 9.17) is 9.47 Å². The van der Waals surface area contributed by atoms with Crippen molar-refractivity contribution in [3.05, 3.63) is 34.6 Å². The number of ether oxygens (including phenoxy) is 2. The van der Waals surface area contributed by atoms with Gasteiger partial charge in [-0.2, -0.15) is 0 Å². The molecule has 0 aliphatic heterocycles. The monoisotopic (exact) mass is 515 g/mol. The molecular formula is C29H41NO7. The molecular weight excluding hydrogens is 474 g/mol. The number of allylic oxidation sites excluding steroid dienone is 2. The molecule has 0 saturated heterocycles. The Hall–Kier alpha value is -2.45. The number of carbonyl (C=O) groups excluding carboxylic acids is 3. The van der Waals surface area contributed by atoms with Crippen molar-refractivity contribution >= 4 is 17.7 Å². The minimum absolute atomic E-state index is 0.0366. The summed E-state index contributed by atoms with van der Waals surface area (Å²) in [5.74, 6) is -3.70. The van der Waals surface area contributed by atoms with Gasteiger partial charge in [0.2, 0.25) is 0 Å². The molecule has 0 unspecified atom stereocenters. The summed E-state index contributed by atoms with van der Waals surface area (Å²) in [6, 6.07) is 0. The van der Waals surface area contributed by atoms with Gasteiger partial charge in [0.15, 0.2) is 11.4 Å². The lowest BCUT2D eigenvalue weighted by atomic mass is 9.60. The topological polar surface area (TPSA) is 113 Å². The third-order valence-electron chi connectivity index (χ3n) is 9.55. The molecule has 0 aromatic carbocycles. The Labute approximate surface area is 219 Å². The number of Topliss-reactive ketones (excluding diaryl/α,β-unsaturated/α-hetero) is 1. The molecule has 4 rings (SSSR count). The minimum atomic E-state index is -1.47. The summed E-state index contributed by atoms with van der Waals surface area (Å²) in [5.41, 5.74) is -0.833. The first-order valence-corrected chi connectivity index (χ1v) is 13.1. The van der Waals surface area contributed by atoms with E-state index in [0.717, 1.165) is 5.57 Å². The highest BCUT2D eigenvalue weighted by atomic mass is 16.6. The van der Waals surface area contributed by atoms with Crippen LogP contribution >= 0.6 is 0 Å². The Morgan fingerprint density at radius 1 is 1.14 bits per heavy atom. The summed E-state index contributed by atoms with van der Waals surface area (Å²) in [6.45, 7) is 12.3. The van der Waals surface area contributed by atoms with Gasteiger partial charge in [-0.05, 0) is 43.9 Å². The van der Waals surface area contributed by atoms with Crippen LogP contribution in [0.2, 0.25) is 0 Å². The zero-order valence-corrected chi connectivity index (χ0v) is 23.4. The van der Waals surface area contributed by atoms with Gasteiger partial charge in [0.05, 0.1) is 12.2 Å². The molecule has 0 spiro atoms. The molecule has 8 heteroatoms. The number of carbonyl (C=O) groups is 3. The van der Waals surface area contributed by atoms with Crippen molar-refractivity contribution in [2.24, 2.45) is 35.0 Å². The van der Waals surface area contributed by atoms with E-state index in [0.29, 0.717) is 23.3 Å². The van der Waals surface area contributed by atoms with E-state index in [2.05, 4.69) is 0 Å². The maximum absolute atomic E-state index is 13.6. The summed E-state index contributed by atoms with van der Waals surface area (Å²) in [7, 11) is 3.52. The third kappa shape index (κ3) is 3.66. The fourth-order valence-electron chi connectivity index (χ4n) is 8.00. The molecule has 37 heavy (non-hydrogen) atoms.